The van der Waals surface area contributed by atoms with Gasteiger partial charge in [0, 0.05) is 24.9 Å². The number of aryl methyl sites for hydroxylation is 1. The Morgan fingerprint density at radius 2 is 2.27 bits per heavy atom. The summed E-state index contributed by atoms with van der Waals surface area (Å²) in [5.74, 6) is 1.71. The highest BCUT2D eigenvalue weighted by Crippen LogP contribution is 2.34. The number of carbonyl (C=O) groups is 1. The highest BCUT2D eigenvalue weighted by Gasteiger charge is 2.32. The molecule has 1 aliphatic heterocycles. The van der Waals surface area contributed by atoms with Crippen LogP contribution in [0.15, 0.2) is 47.2 Å². The maximum Gasteiger partial charge on any atom is 0.223 e. The summed E-state index contributed by atoms with van der Waals surface area (Å²) in [6, 6.07) is 9.77. The lowest BCUT2D eigenvalue weighted by atomic mass is 9.90. The third-order valence-corrected chi connectivity index (χ3v) is 4.38. The molecule has 3 heterocycles. The first-order valence-electron chi connectivity index (χ1n) is 7.97. The first-order chi connectivity index (χ1) is 10.7. The van der Waals surface area contributed by atoms with Crippen molar-refractivity contribution in [3.05, 3.63) is 54.2 Å². The lowest BCUT2D eigenvalue weighted by Gasteiger charge is -2.37. The number of furan rings is 1. The number of nitrogens with zero attached hydrogens (tertiary/aromatic N) is 2. The van der Waals surface area contributed by atoms with E-state index in [9.17, 15) is 4.79 Å². The minimum Gasteiger partial charge on any atom is -0.467 e. The summed E-state index contributed by atoms with van der Waals surface area (Å²) in [7, 11) is 0. The van der Waals surface area contributed by atoms with Crippen molar-refractivity contribution in [1.82, 2.24) is 9.88 Å². The largest absolute Gasteiger partial charge is 0.467 e. The van der Waals surface area contributed by atoms with E-state index in [1.165, 1.54) is 0 Å². The van der Waals surface area contributed by atoms with E-state index in [0.29, 0.717) is 18.8 Å². The summed E-state index contributed by atoms with van der Waals surface area (Å²) in [5.41, 5.74) is 0.968. The number of piperidine rings is 1. The molecule has 22 heavy (non-hydrogen) atoms. The SMILES string of the molecule is C[C@H]1CCN(C(=O)CCc2ccccn2)[C@H](c2ccco2)C1. The second-order valence-electron chi connectivity index (χ2n) is 6.07. The standard InChI is InChI=1S/C18H22N2O2/c1-14-9-11-20(16(13-14)17-6-4-12-22-17)18(21)8-7-15-5-2-3-10-19-15/h2-6,10,12,14,16H,7-9,11,13H2,1H3/t14-,16-/m0/s1. The van der Waals surface area contributed by atoms with Gasteiger partial charge in [-0.05, 0) is 49.4 Å². The van der Waals surface area contributed by atoms with Gasteiger partial charge in [0.05, 0.1) is 12.3 Å². The maximum absolute atomic E-state index is 12.6. The summed E-state index contributed by atoms with van der Waals surface area (Å²) < 4.78 is 5.56. The molecule has 2 aromatic heterocycles. The normalized spacial score (nSPS) is 21.8. The first kappa shape index (κ1) is 14.8. The fourth-order valence-corrected chi connectivity index (χ4v) is 3.12. The molecule has 0 N–H and O–H groups in total. The van der Waals surface area contributed by atoms with Crippen molar-refractivity contribution in [1.29, 1.82) is 0 Å². The molecule has 0 saturated carbocycles. The molecule has 2 aromatic rings. The van der Waals surface area contributed by atoms with E-state index in [1.54, 1.807) is 12.5 Å². The second-order valence-corrected chi connectivity index (χ2v) is 6.07. The van der Waals surface area contributed by atoms with E-state index in [1.807, 2.05) is 35.2 Å². The van der Waals surface area contributed by atoms with Crippen molar-refractivity contribution in [2.24, 2.45) is 5.92 Å². The van der Waals surface area contributed by atoms with E-state index in [0.717, 1.165) is 30.8 Å². The molecule has 4 heteroatoms. The van der Waals surface area contributed by atoms with E-state index < -0.39 is 0 Å². The summed E-state index contributed by atoms with van der Waals surface area (Å²) in [6.07, 6.45) is 6.69. The van der Waals surface area contributed by atoms with E-state index in [-0.39, 0.29) is 11.9 Å². The number of amides is 1. The number of likely N-dealkylation sites (tertiary alicyclic amines) is 1. The molecule has 3 rings (SSSR count). The molecule has 0 spiro atoms. The van der Waals surface area contributed by atoms with Crippen LogP contribution in [-0.2, 0) is 11.2 Å². The highest BCUT2D eigenvalue weighted by molar-refractivity contribution is 5.77. The Morgan fingerprint density at radius 3 is 3.00 bits per heavy atom. The molecule has 1 amide bonds. The number of hydrogen-bond donors (Lipinski definition) is 0. The zero-order valence-corrected chi connectivity index (χ0v) is 12.9. The number of hydrogen-bond acceptors (Lipinski definition) is 3. The smallest absolute Gasteiger partial charge is 0.223 e. The summed E-state index contributed by atoms with van der Waals surface area (Å²) in [4.78, 5) is 18.9. The van der Waals surface area contributed by atoms with Gasteiger partial charge in [-0.15, -0.1) is 0 Å². The van der Waals surface area contributed by atoms with Crippen LogP contribution in [0, 0.1) is 5.92 Å². The molecule has 0 aliphatic carbocycles. The van der Waals surface area contributed by atoms with E-state index in [2.05, 4.69) is 11.9 Å². The third-order valence-electron chi connectivity index (χ3n) is 4.38. The van der Waals surface area contributed by atoms with Crippen molar-refractivity contribution in [2.45, 2.75) is 38.6 Å². The number of rotatable bonds is 4. The van der Waals surface area contributed by atoms with Gasteiger partial charge in [-0.2, -0.15) is 0 Å². The molecule has 2 atom stereocenters. The van der Waals surface area contributed by atoms with Gasteiger partial charge in [0.25, 0.3) is 0 Å². The van der Waals surface area contributed by atoms with Gasteiger partial charge < -0.3 is 9.32 Å². The molecule has 4 nitrogen and oxygen atoms in total. The second kappa shape index (κ2) is 6.77. The Balaban J connectivity index is 1.67. The molecule has 0 bridgehead atoms. The Hall–Kier alpha value is -2.10. The topological polar surface area (TPSA) is 46.3 Å². The van der Waals surface area contributed by atoms with Crippen molar-refractivity contribution in [3.63, 3.8) is 0 Å². The lowest BCUT2D eigenvalue weighted by molar-refractivity contribution is -0.136. The molecule has 116 valence electrons. The number of pyridine rings is 1. The average Bonchev–Trinajstić information content (AvgIpc) is 3.08. The van der Waals surface area contributed by atoms with Gasteiger partial charge in [0.15, 0.2) is 0 Å². The predicted octanol–water partition coefficient (Wildman–Crippen LogP) is 3.61. The lowest BCUT2D eigenvalue weighted by Crippen LogP contribution is -2.40. The van der Waals surface area contributed by atoms with Gasteiger partial charge >= 0.3 is 0 Å². The predicted molar refractivity (Wildman–Crippen MR) is 84.1 cm³/mol. The molecule has 1 fully saturated rings. The summed E-state index contributed by atoms with van der Waals surface area (Å²) in [5, 5.41) is 0. The van der Waals surface area contributed by atoms with Crippen LogP contribution in [0.1, 0.15) is 43.7 Å². The Labute approximate surface area is 131 Å². The van der Waals surface area contributed by atoms with Gasteiger partial charge in [-0.1, -0.05) is 13.0 Å². The number of carbonyl (C=O) groups excluding carboxylic acids is 1. The number of aromatic nitrogens is 1. The fraction of sp³-hybridized carbons (Fsp3) is 0.444. The van der Waals surface area contributed by atoms with Crippen LogP contribution >= 0.6 is 0 Å². The van der Waals surface area contributed by atoms with Crippen LogP contribution in [0.25, 0.3) is 0 Å². The molecule has 0 aromatic carbocycles. The minimum atomic E-state index is 0.0787. The maximum atomic E-state index is 12.6. The minimum absolute atomic E-state index is 0.0787. The van der Waals surface area contributed by atoms with Crippen molar-refractivity contribution >= 4 is 5.91 Å². The van der Waals surface area contributed by atoms with Crippen LogP contribution in [0.3, 0.4) is 0 Å². The zero-order chi connectivity index (χ0) is 15.4. The Morgan fingerprint density at radius 1 is 1.36 bits per heavy atom. The first-order valence-corrected chi connectivity index (χ1v) is 7.97. The van der Waals surface area contributed by atoms with Crippen LogP contribution in [0.5, 0.6) is 0 Å². The molecule has 0 radical (unpaired) electrons. The molecular formula is C18H22N2O2. The summed E-state index contributed by atoms with van der Waals surface area (Å²) in [6.45, 7) is 3.05. The van der Waals surface area contributed by atoms with Gasteiger partial charge in [-0.25, -0.2) is 0 Å². The Bertz CT molecular complexity index is 595. The third kappa shape index (κ3) is 3.38. The van der Waals surface area contributed by atoms with Crippen molar-refractivity contribution in [2.75, 3.05) is 6.54 Å². The van der Waals surface area contributed by atoms with Crippen LogP contribution < -0.4 is 0 Å². The quantitative estimate of drug-likeness (QED) is 0.866. The average molecular weight is 298 g/mol. The van der Waals surface area contributed by atoms with Crippen LogP contribution in [0.2, 0.25) is 0 Å². The zero-order valence-electron chi connectivity index (χ0n) is 12.9. The highest BCUT2D eigenvalue weighted by atomic mass is 16.3. The fourth-order valence-electron chi connectivity index (χ4n) is 3.12. The van der Waals surface area contributed by atoms with Gasteiger partial charge in [-0.3, -0.25) is 9.78 Å². The van der Waals surface area contributed by atoms with Gasteiger partial charge in [0.2, 0.25) is 5.91 Å². The summed E-state index contributed by atoms with van der Waals surface area (Å²) >= 11 is 0. The molecular weight excluding hydrogens is 276 g/mol. The van der Waals surface area contributed by atoms with Crippen molar-refractivity contribution < 1.29 is 9.21 Å². The Kier molecular flexibility index (Phi) is 4.56. The van der Waals surface area contributed by atoms with Crippen LogP contribution in [-0.4, -0.2) is 22.3 Å². The molecule has 1 saturated heterocycles. The van der Waals surface area contributed by atoms with E-state index in [4.69, 9.17) is 4.42 Å². The molecule has 0 unspecified atom stereocenters. The molecule has 1 aliphatic rings. The van der Waals surface area contributed by atoms with Crippen LogP contribution in [0.4, 0.5) is 0 Å². The monoisotopic (exact) mass is 298 g/mol. The van der Waals surface area contributed by atoms with Crippen molar-refractivity contribution in [3.8, 4) is 0 Å². The van der Waals surface area contributed by atoms with E-state index >= 15 is 0 Å². The van der Waals surface area contributed by atoms with Gasteiger partial charge in [0.1, 0.15) is 5.76 Å².